The zero-order valence-corrected chi connectivity index (χ0v) is 14.3. The molecule has 0 spiro atoms. The molecule has 0 aliphatic carbocycles. The fourth-order valence-electron chi connectivity index (χ4n) is 3.15. The molecular formula is C19H23N3O2. The van der Waals surface area contributed by atoms with Crippen LogP contribution >= 0.6 is 0 Å². The molecule has 2 heterocycles. The van der Waals surface area contributed by atoms with E-state index in [1.54, 1.807) is 4.90 Å². The Morgan fingerprint density at radius 1 is 1.25 bits per heavy atom. The highest BCUT2D eigenvalue weighted by Crippen LogP contribution is 2.23. The van der Waals surface area contributed by atoms with E-state index in [1.165, 1.54) is 0 Å². The molecule has 2 amide bonds. The lowest BCUT2D eigenvalue weighted by Crippen LogP contribution is -2.38. The monoisotopic (exact) mass is 325 g/mol. The molecule has 2 aromatic rings. The Balaban J connectivity index is 1.70. The van der Waals surface area contributed by atoms with Crippen molar-refractivity contribution in [3.05, 3.63) is 53.9 Å². The van der Waals surface area contributed by atoms with Gasteiger partial charge >= 0.3 is 0 Å². The summed E-state index contributed by atoms with van der Waals surface area (Å²) >= 11 is 0. The summed E-state index contributed by atoms with van der Waals surface area (Å²) in [6.45, 7) is 6.59. The molecule has 1 aromatic heterocycles. The number of hydrogen-bond donors (Lipinski definition) is 1. The topological polar surface area (TPSA) is 54.3 Å². The van der Waals surface area contributed by atoms with Crippen LogP contribution in [0.2, 0.25) is 0 Å². The van der Waals surface area contributed by atoms with Gasteiger partial charge in [-0.15, -0.1) is 0 Å². The van der Waals surface area contributed by atoms with Gasteiger partial charge in [0.25, 0.3) is 5.91 Å². The van der Waals surface area contributed by atoms with Crippen molar-refractivity contribution in [2.75, 3.05) is 11.4 Å². The lowest BCUT2D eigenvalue weighted by molar-refractivity contribution is -0.117. The van der Waals surface area contributed by atoms with E-state index in [-0.39, 0.29) is 23.9 Å². The van der Waals surface area contributed by atoms with Gasteiger partial charge in [0.05, 0.1) is 6.04 Å². The zero-order valence-electron chi connectivity index (χ0n) is 14.3. The van der Waals surface area contributed by atoms with Crippen LogP contribution in [0, 0.1) is 6.92 Å². The van der Waals surface area contributed by atoms with E-state index in [1.807, 2.05) is 67.9 Å². The summed E-state index contributed by atoms with van der Waals surface area (Å²) in [5, 5.41) is 3.00. The van der Waals surface area contributed by atoms with E-state index < -0.39 is 0 Å². The van der Waals surface area contributed by atoms with Crippen LogP contribution in [0.5, 0.6) is 0 Å². The second-order valence-corrected chi connectivity index (χ2v) is 6.61. The standard InChI is InChI=1S/C19H23N3O2/c1-13(2)21-9-5-8-17(21)19(24)20-15-11-18(23)22(12-15)16-7-4-6-14(3)10-16/h4-10,13,15H,11-12H2,1-3H3,(H,20,24)/t15-/m1/s1. The largest absolute Gasteiger partial charge is 0.346 e. The molecule has 1 aromatic carbocycles. The molecule has 3 rings (SSSR count). The third kappa shape index (κ3) is 3.20. The summed E-state index contributed by atoms with van der Waals surface area (Å²) in [6.07, 6.45) is 2.24. The first-order valence-corrected chi connectivity index (χ1v) is 8.30. The van der Waals surface area contributed by atoms with E-state index in [0.29, 0.717) is 18.7 Å². The number of anilines is 1. The molecule has 0 unspecified atom stereocenters. The highest BCUT2D eigenvalue weighted by Gasteiger charge is 2.32. The van der Waals surface area contributed by atoms with Crippen molar-refractivity contribution in [1.82, 2.24) is 9.88 Å². The van der Waals surface area contributed by atoms with Crippen LogP contribution in [0.1, 0.15) is 42.4 Å². The van der Waals surface area contributed by atoms with Gasteiger partial charge in [0.15, 0.2) is 0 Å². The maximum absolute atomic E-state index is 12.5. The molecule has 1 aliphatic heterocycles. The number of nitrogens with zero attached hydrogens (tertiary/aromatic N) is 2. The Kier molecular flexibility index (Phi) is 4.42. The first-order valence-electron chi connectivity index (χ1n) is 8.30. The molecule has 1 fully saturated rings. The average Bonchev–Trinajstić information content (AvgIpc) is 3.14. The average molecular weight is 325 g/mol. The zero-order chi connectivity index (χ0) is 17.3. The fourth-order valence-corrected chi connectivity index (χ4v) is 3.15. The Hall–Kier alpha value is -2.56. The van der Waals surface area contributed by atoms with Gasteiger partial charge in [-0.3, -0.25) is 9.59 Å². The normalized spacial score (nSPS) is 17.6. The summed E-state index contributed by atoms with van der Waals surface area (Å²) in [4.78, 5) is 26.6. The summed E-state index contributed by atoms with van der Waals surface area (Å²) in [5.74, 6) is -0.0808. The van der Waals surface area contributed by atoms with Gasteiger partial charge in [0.2, 0.25) is 5.91 Å². The number of aryl methyl sites for hydroxylation is 1. The van der Waals surface area contributed by atoms with E-state index in [2.05, 4.69) is 5.32 Å². The van der Waals surface area contributed by atoms with Crippen LogP contribution in [0.4, 0.5) is 5.69 Å². The molecular weight excluding hydrogens is 302 g/mol. The number of rotatable bonds is 4. The van der Waals surface area contributed by atoms with Crippen molar-refractivity contribution in [1.29, 1.82) is 0 Å². The van der Waals surface area contributed by atoms with Gasteiger partial charge in [-0.2, -0.15) is 0 Å². The number of carbonyl (C=O) groups is 2. The molecule has 5 nitrogen and oxygen atoms in total. The maximum Gasteiger partial charge on any atom is 0.268 e. The molecule has 0 bridgehead atoms. The van der Waals surface area contributed by atoms with E-state index in [9.17, 15) is 9.59 Å². The highest BCUT2D eigenvalue weighted by molar-refractivity contribution is 5.98. The molecule has 1 saturated heterocycles. The van der Waals surface area contributed by atoms with Crippen molar-refractivity contribution >= 4 is 17.5 Å². The van der Waals surface area contributed by atoms with Crippen LogP contribution < -0.4 is 10.2 Å². The molecule has 126 valence electrons. The van der Waals surface area contributed by atoms with Crippen molar-refractivity contribution in [3.8, 4) is 0 Å². The van der Waals surface area contributed by atoms with Gasteiger partial charge < -0.3 is 14.8 Å². The summed E-state index contributed by atoms with van der Waals surface area (Å²) < 4.78 is 1.93. The van der Waals surface area contributed by atoms with Crippen LogP contribution in [-0.4, -0.2) is 29.0 Å². The number of amides is 2. The van der Waals surface area contributed by atoms with Gasteiger partial charge in [0, 0.05) is 30.9 Å². The van der Waals surface area contributed by atoms with Gasteiger partial charge in [-0.05, 0) is 50.6 Å². The van der Waals surface area contributed by atoms with Gasteiger partial charge in [-0.1, -0.05) is 12.1 Å². The molecule has 1 N–H and O–H groups in total. The highest BCUT2D eigenvalue weighted by atomic mass is 16.2. The van der Waals surface area contributed by atoms with E-state index in [0.717, 1.165) is 11.3 Å². The minimum atomic E-state index is -0.166. The minimum Gasteiger partial charge on any atom is -0.346 e. The predicted octanol–water partition coefficient (Wildman–Crippen LogP) is 2.91. The Bertz CT molecular complexity index is 763. The molecule has 0 saturated carbocycles. The molecule has 24 heavy (non-hydrogen) atoms. The first-order chi connectivity index (χ1) is 11.5. The third-order valence-corrected chi connectivity index (χ3v) is 4.34. The summed E-state index contributed by atoms with van der Waals surface area (Å²) in [7, 11) is 0. The second kappa shape index (κ2) is 6.51. The quantitative estimate of drug-likeness (QED) is 0.940. The molecule has 5 heteroatoms. The number of nitrogens with one attached hydrogen (secondary N) is 1. The van der Waals surface area contributed by atoms with Crippen molar-refractivity contribution in [3.63, 3.8) is 0 Å². The van der Waals surface area contributed by atoms with Crippen molar-refractivity contribution in [2.45, 2.75) is 39.3 Å². The van der Waals surface area contributed by atoms with E-state index >= 15 is 0 Å². The number of aromatic nitrogens is 1. The van der Waals surface area contributed by atoms with Gasteiger partial charge in [0.1, 0.15) is 5.69 Å². The molecule has 1 atom stereocenters. The Labute approximate surface area is 142 Å². The van der Waals surface area contributed by atoms with Crippen LogP contribution in [-0.2, 0) is 4.79 Å². The third-order valence-electron chi connectivity index (χ3n) is 4.34. The van der Waals surface area contributed by atoms with Crippen LogP contribution in [0.15, 0.2) is 42.6 Å². The van der Waals surface area contributed by atoms with Crippen LogP contribution in [0.25, 0.3) is 0 Å². The van der Waals surface area contributed by atoms with Crippen molar-refractivity contribution in [2.24, 2.45) is 0 Å². The number of carbonyl (C=O) groups excluding carboxylic acids is 2. The SMILES string of the molecule is Cc1cccc(N2C[C@H](NC(=O)c3cccn3C(C)C)CC2=O)c1. The molecule has 0 radical (unpaired) electrons. The first kappa shape index (κ1) is 16.3. The fraction of sp³-hybridized carbons (Fsp3) is 0.368. The van der Waals surface area contributed by atoms with Crippen LogP contribution in [0.3, 0.4) is 0 Å². The second-order valence-electron chi connectivity index (χ2n) is 6.61. The maximum atomic E-state index is 12.5. The Morgan fingerprint density at radius 3 is 2.75 bits per heavy atom. The van der Waals surface area contributed by atoms with Gasteiger partial charge in [-0.25, -0.2) is 0 Å². The van der Waals surface area contributed by atoms with Crippen molar-refractivity contribution < 1.29 is 9.59 Å². The number of benzene rings is 1. The smallest absolute Gasteiger partial charge is 0.268 e. The minimum absolute atomic E-state index is 0.0464. The number of hydrogen-bond acceptors (Lipinski definition) is 2. The predicted molar refractivity (Wildman–Crippen MR) is 94.2 cm³/mol. The Morgan fingerprint density at radius 2 is 2.04 bits per heavy atom. The summed E-state index contributed by atoms with van der Waals surface area (Å²) in [6, 6.07) is 11.6. The van der Waals surface area contributed by atoms with E-state index in [4.69, 9.17) is 0 Å². The lowest BCUT2D eigenvalue weighted by atomic mass is 10.2. The summed E-state index contributed by atoms with van der Waals surface area (Å²) in [5.41, 5.74) is 2.64. The lowest BCUT2D eigenvalue weighted by Gasteiger charge is -2.18. The molecule has 1 aliphatic rings.